The highest BCUT2D eigenvalue weighted by atomic mass is 19.1. The van der Waals surface area contributed by atoms with Crippen LogP contribution in [0, 0.1) is 0 Å². The van der Waals surface area contributed by atoms with E-state index in [0.29, 0.717) is 19.4 Å². The summed E-state index contributed by atoms with van der Waals surface area (Å²) in [6.45, 7) is 9.36. The van der Waals surface area contributed by atoms with Crippen molar-refractivity contribution in [3.8, 4) is 0 Å². The van der Waals surface area contributed by atoms with Crippen molar-refractivity contribution in [2.75, 3.05) is 40.5 Å². The van der Waals surface area contributed by atoms with Crippen LogP contribution in [0.5, 0.6) is 0 Å². The van der Waals surface area contributed by atoms with Gasteiger partial charge in [-0.2, -0.15) is 0 Å². The molecule has 1 saturated heterocycles. The molecule has 0 aromatic heterocycles. The Bertz CT molecular complexity index is 873. The van der Waals surface area contributed by atoms with Crippen LogP contribution in [0.4, 0.5) is 4.39 Å². The summed E-state index contributed by atoms with van der Waals surface area (Å²) in [6.07, 6.45) is 25.2. The van der Waals surface area contributed by atoms with E-state index in [1.165, 1.54) is 17.7 Å². The molecule has 39 heavy (non-hydrogen) atoms. The van der Waals surface area contributed by atoms with Crippen LogP contribution in [0.1, 0.15) is 72.1 Å². The Morgan fingerprint density at radius 2 is 1.95 bits per heavy atom. The van der Waals surface area contributed by atoms with Crippen molar-refractivity contribution in [1.82, 2.24) is 20.4 Å². The van der Waals surface area contributed by atoms with E-state index in [4.69, 9.17) is 4.74 Å². The first-order valence-corrected chi connectivity index (χ1v) is 14.6. The maximum Gasteiger partial charge on any atom is 0.140 e. The Balaban J connectivity index is 2.92. The number of hydrogen-bond donors (Lipinski definition) is 3. The highest BCUT2D eigenvalue weighted by Crippen LogP contribution is 2.26. The molecule has 1 fully saturated rings. The van der Waals surface area contributed by atoms with Crippen LogP contribution in [-0.4, -0.2) is 61.5 Å². The lowest BCUT2D eigenvalue weighted by Gasteiger charge is -2.46. The van der Waals surface area contributed by atoms with Crippen molar-refractivity contribution >= 4 is 0 Å². The zero-order valence-electron chi connectivity index (χ0n) is 25.0. The molecule has 1 aliphatic heterocycles. The molecule has 1 atom stereocenters. The van der Waals surface area contributed by atoms with Gasteiger partial charge in [0.1, 0.15) is 18.6 Å². The quantitative estimate of drug-likeness (QED) is 0.0614. The van der Waals surface area contributed by atoms with Crippen molar-refractivity contribution < 1.29 is 14.2 Å². The minimum atomic E-state index is -1.29. The number of allylic oxidation sites excluding steroid dienone is 9. The van der Waals surface area contributed by atoms with Gasteiger partial charge in [-0.05, 0) is 56.5 Å². The number of rotatable bonds is 21. The predicted octanol–water partition coefficient (Wildman–Crippen LogP) is 7.21. The molecule has 0 saturated carbocycles. The zero-order chi connectivity index (χ0) is 28.7. The van der Waals surface area contributed by atoms with Gasteiger partial charge >= 0.3 is 0 Å². The number of alkyl halides is 1. The number of unbranched alkanes of at least 4 members (excludes halogenated alkanes) is 2. The van der Waals surface area contributed by atoms with Gasteiger partial charge in [0.25, 0.3) is 0 Å². The number of aliphatic hydroxyl groups excluding tert-OH is 1. The lowest BCUT2D eigenvalue weighted by Crippen LogP contribution is -2.51. The molecule has 0 bridgehead atoms. The van der Waals surface area contributed by atoms with Crippen LogP contribution in [0.25, 0.3) is 0 Å². The van der Waals surface area contributed by atoms with Crippen molar-refractivity contribution in [3.05, 3.63) is 83.9 Å². The average Bonchev–Trinajstić information content (AvgIpc) is 2.92. The van der Waals surface area contributed by atoms with Gasteiger partial charge in [0.05, 0.1) is 25.2 Å². The predicted molar refractivity (Wildman–Crippen MR) is 164 cm³/mol. The van der Waals surface area contributed by atoms with Crippen molar-refractivity contribution in [2.24, 2.45) is 0 Å². The normalized spacial score (nSPS) is 17.2. The van der Waals surface area contributed by atoms with E-state index in [1.54, 1.807) is 6.26 Å². The molecule has 1 heterocycles. The summed E-state index contributed by atoms with van der Waals surface area (Å²) < 4.78 is 19.9. The molecule has 0 aliphatic carbocycles. The third-order valence-electron chi connectivity index (χ3n) is 6.15. The lowest BCUT2D eigenvalue weighted by molar-refractivity contribution is 0.0642. The SMILES string of the molecule is CC/C=C\C(=CCCC)C/C=C1/N(/C=C(/CC=C[C@H](F)/C=C(/O)CCCC)NC)CN1CCO/C=C\CNC. The van der Waals surface area contributed by atoms with Crippen LogP contribution < -0.4 is 10.6 Å². The first kappa shape index (κ1) is 34.1. The Kier molecular flexibility index (Phi) is 19.2. The fourth-order valence-electron chi connectivity index (χ4n) is 3.88. The second-order valence-corrected chi connectivity index (χ2v) is 9.56. The van der Waals surface area contributed by atoms with Crippen LogP contribution in [0.2, 0.25) is 0 Å². The summed E-state index contributed by atoms with van der Waals surface area (Å²) in [4.78, 5) is 4.54. The third-order valence-corrected chi connectivity index (χ3v) is 6.15. The van der Waals surface area contributed by atoms with Crippen molar-refractivity contribution in [3.63, 3.8) is 0 Å². The molecule has 0 spiro atoms. The third kappa shape index (κ3) is 15.3. The number of nitrogens with zero attached hydrogens (tertiary/aromatic N) is 2. The molecule has 1 rings (SSSR count). The van der Waals surface area contributed by atoms with Gasteiger partial charge in [0.15, 0.2) is 0 Å². The van der Waals surface area contributed by atoms with E-state index in [-0.39, 0.29) is 5.76 Å². The van der Waals surface area contributed by atoms with E-state index in [1.807, 2.05) is 33.2 Å². The number of aliphatic hydroxyl groups is 1. The summed E-state index contributed by atoms with van der Waals surface area (Å²) in [5.74, 6) is 1.27. The fraction of sp³-hybridized carbons (Fsp3) is 0.562. The Labute approximate surface area is 237 Å². The summed E-state index contributed by atoms with van der Waals surface area (Å²) in [5.41, 5.74) is 2.32. The molecule has 0 amide bonds. The molecule has 0 aromatic rings. The van der Waals surface area contributed by atoms with Crippen molar-refractivity contribution in [1.29, 1.82) is 0 Å². The maximum absolute atomic E-state index is 14.2. The minimum Gasteiger partial charge on any atom is -0.513 e. The second kappa shape index (κ2) is 21.9. The molecular weight excluding hydrogens is 491 g/mol. The van der Waals surface area contributed by atoms with Gasteiger partial charge in [-0.3, -0.25) is 0 Å². The second-order valence-electron chi connectivity index (χ2n) is 9.56. The van der Waals surface area contributed by atoms with Gasteiger partial charge in [-0.1, -0.05) is 64.0 Å². The highest BCUT2D eigenvalue weighted by Gasteiger charge is 2.27. The lowest BCUT2D eigenvalue weighted by atomic mass is 10.1. The number of hydrogen-bond acceptors (Lipinski definition) is 6. The van der Waals surface area contributed by atoms with Crippen molar-refractivity contribution in [2.45, 2.75) is 78.3 Å². The van der Waals surface area contributed by atoms with Crippen LogP contribution in [0.3, 0.4) is 0 Å². The Hall–Kier alpha value is -2.93. The standard InChI is InChI=1S/C32H53FN4O2/c1-6-9-14-28(15-10-7-2)19-20-32-36(22-24-39-23-13-21-34-4)27-37(32)26-30(35-5)17-12-16-29(33)25-31(38)18-11-8-3/h9,12-16,20,23,25-26,29,34-35,38H,6-8,10-11,17-19,21-22,24,27H2,1-5H3/b14-9-,16-12?,23-13-,28-15?,30-26-,31-25+,32-20+/t29-/m0/s1. The average molecular weight is 545 g/mol. The first-order chi connectivity index (χ1) is 19.0. The molecule has 0 unspecified atom stereocenters. The molecule has 0 radical (unpaired) electrons. The van der Waals surface area contributed by atoms with Gasteiger partial charge in [0.2, 0.25) is 0 Å². The highest BCUT2D eigenvalue weighted by molar-refractivity contribution is 5.25. The largest absolute Gasteiger partial charge is 0.513 e. The summed E-state index contributed by atoms with van der Waals surface area (Å²) in [6, 6.07) is 0. The molecular formula is C32H53FN4O2. The van der Waals surface area contributed by atoms with Crippen LogP contribution >= 0.6 is 0 Å². The zero-order valence-corrected chi connectivity index (χ0v) is 25.0. The van der Waals surface area contributed by atoms with E-state index in [0.717, 1.165) is 69.8 Å². The van der Waals surface area contributed by atoms with E-state index >= 15 is 0 Å². The Morgan fingerprint density at radius 3 is 2.64 bits per heavy atom. The monoisotopic (exact) mass is 544 g/mol. The molecule has 6 nitrogen and oxygen atoms in total. The van der Waals surface area contributed by atoms with Gasteiger partial charge in [-0.15, -0.1) is 0 Å². The fourth-order valence-corrected chi connectivity index (χ4v) is 3.88. The maximum atomic E-state index is 14.2. The number of halogens is 1. The van der Waals surface area contributed by atoms with Crippen LogP contribution in [0.15, 0.2) is 83.9 Å². The van der Waals surface area contributed by atoms with Gasteiger partial charge in [-0.25, -0.2) is 4.39 Å². The summed E-state index contributed by atoms with van der Waals surface area (Å²) in [5, 5.41) is 16.1. The van der Waals surface area contributed by atoms with Gasteiger partial charge < -0.3 is 30.3 Å². The summed E-state index contributed by atoms with van der Waals surface area (Å²) >= 11 is 0. The molecule has 3 N–H and O–H groups in total. The van der Waals surface area contributed by atoms with Crippen LogP contribution in [-0.2, 0) is 4.74 Å². The summed E-state index contributed by atoms with van der Waals surface area (Å²) in [7, 11) is 3.79. The van der Waals surface area contributed by atoms with E-state index in [9.17, 15) is 9.50 Å². The van der Waals surface area contributed by atoms with E-state index < -0.39 is 6.17 Å². The number of likely N-dealkylation sites (N-methyl/N-ethyl adjacent to an activating group) is 1. The molecule has 0 aromatic carbocycles. The molecule has 220 valence electrons. The topological polar surface area (TPSA) is 60.0 Å². The Morgan fingerprint density at radius 1 is 1.13 bits per heavy atom. The first-order valence-electron chi connectivity index (χ1n) is 14.6. The molecule has 1 aliphatic rings. The number of nitrogens with one attached hydrogen (secondary N) is 2. The van der Waals surface area contributed by atoms with Gasteiger partial charge in [0, 0.05) is 38.3 Å². The smallest absolute Gasteiger partial charge is 0.140 e. The van der Waals surface area contributed by atoms with E-state index in [2.05, 4.69) is 64.8 Å². The molecule has 7 heteroatoms. The number of ether oxygens (including phenoxy) is 1. The minimum absolute atomic E-state index is 0.122.